The Kier molecular flexibility index (Phi) is 4.95. The molecule has 2 rings (SSSR count). The van der Waals surface area contributed by atoms with Crippen molar-refractivity contribution >= 4 is 33.8 Å². The lowest BCUT2D eigenvalue weighted by molar-refractivity contribution is -0.113. The summed E-state index contributed by atoms with van der Waals surface area (Å²) >= 11 is 7.08. The van der Waals surface area contributed by atoms with E-state index in [1.807, 2.05) is 0 Å². The van der Waals surface area contributed by atoms with Crippen LogP contribution in [0.15, 0.2) is 0 Å². The van der Waals surface area contributed by atoms with Crippen LogP contribution >= 0.6 is 22.9 Å². The van der Waals surface area contributed by atoms with Crippen LogP contribution in [0.2, 0.25) is 0 Å². The predicted molar refractivity (Wildman–Crippen MR) is 88.0 cm³/mol. The Bertz CT molecular complexity index is 586. The molecule has 0 fully saturated rings. The molecule has 0 aromatic carbocycles. The smallest absolute Gasteiger partial charge is 0.239 e. The number of alkyl halides is 1. The maximum absolute atomic E-state index is 11.5. The molecule has 0 unspecified atom stereocenters. The third-order valence-electron chi connectivity index (χ3n) is 4.77. The first-order chi connectivity index (χ1) is 9.92. The maximum Gasteiger partial charge on any atom is 0.239 e. The van der Waals surface area contributed by atoms with Crippen molar-refractivity contribution in [3.8, 4) is 6.07 Å². The van der Waals surface area contributed by atoms with E-state index in [1.54, 1.807) is 11.3 Å². The number of carbonyl (C=O) groups excluding carboxylic acids is 1. The largest absolute Gasteiger partial charge is 0.316 e. The molecule has 1 heterocycles. The van der Waals surface area contributed by atoms with Gasteiger partial charge in [0.1, 0.15) is 17.0 Å². The van der Waals surface area contributed by atoms with Gasteiger partial charge < -0.3 is 5.32 Å². The van der Waals surface area contributed by atoms with Crippen molar-refractivity contribution in [2.45, 2.75) is 46.5 Å². The zero-order valence-corrected chi connectivity index (χ0v) is 14.3. The molecule has 1 amide bonds. The normalized spacial score (nSPS) is 18.0. The first-order valence-corrected chi connectivity index (χ1v) is 8.68. The minimum Gasteiger partial charge on any atom is -0.316 e. The lowest BCUT2D eigenvalue weighted by Gasteiger charge is -2.36. The van der Waals surface area contributed by atoms with E-state index in [-0.39, 0.29) is 11.8 Å². The topological polar surface area (TPSA) is 52.9 Å². The molecule has 1 aliphatic rings. The number of anilines is 1. The minimum absolute atomic E-state index is 0.0844. The van der Waals surface area contributed by atoms with E-state index in [2.05, 4.69) is 32.2 Å². The zero-order valence-electron chi connectivity index (χ0n) is 12.8. The number of thiophene rings is 1. The molecular weight excluding hydrogens is 304 g/mol. The van der Waals surface area contributed by atoms with Gasteiger partial charge in [-0.15, -0.1) is 22.9 Å². The summed E-state index contributed by atoms with van der Waals surface area (Å²) in [6.07, 6.45) is 4.20. The van der Waals surface area contributed by atoms with Crippen LogP contribution in [0.25, 0.3) is 0 Å². The molecule has 3 nitrogen and oxygen atoms in total. The molecule has 1 atom stereocenters. The van der Waals surface area contributed by atoms with Crippen LogP contribution in [0.5, 0.6) is 0 Å². The third kappa shape index (κ3) is 3.25. The molecule has 0 radical (unpaired) electrons. The summed E-state index contributed by atoms with van der Waals surface area (Å²) in [6.45, 7) is 6.87. The van der Waals surface area contributed by atoms with Crippen molar-refractivity contribution in [1.29, 1.82) is 5.26 Å². The lowest BCUT2D eigenvalue weighted by atomic mass is 9.69. The molecule has 1 aromatic heterocycles. The van der Waals surface area contributed by atoms with Gasteiger partial charge in [0.05, 0.1) is 5.56 Å². The molecule has 0 saturated carbocycles. The number of hydrogen-bond acceptors (Lipinski definition) is 3. The number of nitrogens with one attached hydrogen (secondary N) is 1. The Hall–Kier alpha value is -1.05. The van der Waals surface area contributed by atoms with Crippen LogP contribution in [0, 0.1) is 22.7 Å². The molecule has 1 aliphatic carbocycles. The number of hydrogen-bond donors (Lipinski definition) is 1. The van der Waals surface area contributed by atoms with Gasteiger partial charge in [-0.2, -0.15) is 5.26 Å². The number of amides is 1. The lowest BCUT2D eigenvalue weighted by Crippen LogP contribution is -2.28. The number of halogens is 1. The van der Waals surface area contributed by atoms with E-state index in [9.17, 15) is 10.1 Å². The monoisotopic (exact) mass is 324 g/mol. The summed E-state index contributed by atoms with van der Waals surface area (Å²) in [5, 5.41) is 12.8. The molecule has 0 aliphatic heterocycles. The van der Waals surface area contributed by atoms with Gasteiger partial charge in [-0.1, -0.05) is 27.2 Å². The number of carbonyl (C=O) groups is 1. The van der Waals surface area contributed by atoms with Crippen LogP contribution in [0.4, 0.5) is 5.00 Å². The fourth-order valence-corrected chi connectivity index (χ4v) is 4.27. The molecule has 21 heavy (non-hydrogen) atoms. The Morgan fingerprint density at radius 3 is 2.86 bits per heavy atom. The van der Waals surface area contributed by atoms with Gasteiger partial charge in [0.25, 0.3) is 0 Å². The Labute approximate surface area is 135 Å². The summed E-state index contributed by atoms with van der Waals surface area (Å²) in [7, 11) is 0. The maximum atomic E-state index is 11.5. The fourth-order valence-electron chi connectivity index (χ4n) is 2.91. The van der Waals surface area contributed by atoms with E-state index in [4.69, 9.17) is 11.6 Å². The molecule has 0 bridgehead atoms. The fraction of sp³-hybridized carbons (Fsp3) is 0.625. The van der Waals surface area contributed by atoms with Gasteiger partial charge in [-0.25, -0.2) is 0 Å². The highest BCUT2D eigenvalue weighted by molar-refractivity contribution is 7.16. The Morgan fingerprint density at radius 1 is 1.57 bits per heavy atom. The number of rotatable bonds is 4. The van der Waals surface area contributed by atoms with Gasteiger partial charge in [0, 0.05) is 4.88 Å². The highest BCUT2D eigenvalue weighted by Crippen LogP contribution is 2.45. The van der Waals surface area contributed by atoms with Crippen molar-refractivity contribution in [3.63, 3.8) is 0 Å². The van der Waals surface area contributed by atoms with Crippen molar-refractivity contribution < 1.29 is 4.79 Å². The Balaban J connectivity index is 2.29. The average Bonchev–Trinajstić information content (AvgIpc) is 2.82. The quantitative estimate of drug-likeness (QED) is 0.838. The van der Waals surface area contributed by atoms with Crippen LogP contribution in [-0.4, -0.2) is 11.8 Å². The van der Waals surface area contributed by atoms with E-state index in [0.717, 1.165) is 31.2 Å². The second-order valence-corrected chi connectivity index (χ2v) is 7.66. The minimum atomic E-state index is -0.253. The van der Waals surface area contributed by atoms with E-state index >= 15 is 0 Å². The third-order valence-corrected chi connectivity index (χ3v) is 6.18. The first-order valence-electron chi connectivity index (χ1n) is 7.33. The van der Waals surface area contributed by atoms with E-state index in [1.165, 1.54) is 4.88 Å². The predicted octanol–water partition coefficient (Wildman–Crippen LogP) is 4.34. The number of fused-ring (bicyclic) bond motifs is 1. The van der Waals surface area contributed by atoms with Crippen LogP contribution in [0.1, 0.15) is 49.6 Å². The van der Waals surface area contributed by atoms with Crippen LogP contribution in [-0.2, 0) is 17.6 Å². The van der Waals surface area contributed by atoms with E-state index in [0.29, 0.717) is 21.9 Å². The summed E-state index contributed by atoms with van der Waals surface area (Å²) < 4.78 is 0. The number of nitriles is 1. The molecule has 0 saturated heterocycles. The molecule has 5 heteroatoms. The second-order valence-electron chi connectivity index (χ2n) is 6.28. The Morgan fingerprint density at radius 2 is 2.29 bits per heavy atom. The summed E-state index contributed by atoms with van der Waals surface area (Å²) in [5.41, 5.74) is 2.09. The van der Waals surface area contributed by atoms with Gasteiger partial charge in [-0.05, 0) is 36.2 Å². The van der Waals surface area contributed by atoms with Gasteiger partial charge in [0.15, 0.2) is 0 Å². The zero-order chi connectivity index (χ0) is 15.6. The van der Waals surface area contributed by atoms with Crippen molar-refractivity contribution in [2.24, 2.45) is 11.3 Å². The summed E-state index contributed by atoms with van der Waals surface area (Å²) in [5.74, 6) is 0.299. The number of nitrogens with zero attached hydrogens (tertiary/aromatic N) is 1. The summed E-state index contributed by atoms with van der Waals surface area (Å²) in [4.78, 5) is 12.7. The average molecular weight is 325 g/mol. The van der Waals surface area contributed by atoms with Gasteiger partial charge in [0.2, 0.25) is 5.91 Å². The van der Waals surface area contributed by atoms with Crippen LogP contribution in [0.3, 0.4) is 0 Å². The SMILES string of the molecule is CCC(C)(C)[C@@H]1CCc2c(sc(NC(=O)CCl)c2C#N)C1. The second kappa shape index (κ2) is 6.37. The van der Waals surface area contributed by atoms with Crippen LogP contribution < -0.4 is 5.32 Å². The highest BCUT2D eigenvalue weighted by Gasteiger charge is 2.33. The first kappa shape index (κ1) is 16.3. The van der Waals surface area contributed by atoms with E-state index < -0.39 is 0 Å². The standard InChI is InChI=1S/C16H21ClN2OS/c1-4-16(2,3)10-5-6-11-12(9-18)15(19-14(20)8-17)21-13(11)7-10/h10H,4-8H2,1-3H3,(H,19,20)/t10-/m1/s1. The molecular formula is C16H21ClN2OS. The highest BCUT2D eigenvalue weighted by atomic mass is 35.5. The van der Waals surface area contributed by atoms with Crippen molar-refractivity contribution in [3.05, 3.63) is 16.0 Å². The van der Waals surface area contributed by atoms with Crippen molar-refractivity contribution in [2.75, 3.05) is 11.2 Å². The summed E-state index contributed by atoms with van der Waals surface area (Å²) in [6, 6.07) is 2.25. The van der Waals surface area contributed by atoms with Gasteiger partial charge >= 0.3 is 0 Å². The van der Waals surface area contributed by atoms with Crippen molar-refractivity contribution in [1.82, 2.24) is 0 Å². The molecule has 1 N–H and O–H groups in total. The molecule has 1 aromatic rings. The molecule has 114 valence electrons. The van der Waals surface area contributed by atoms with Gasteiger partial charge in [-0.3, -0.25) is 4.79 Å². The molecule has 0 spiro atoms.